The Balaban J connectivity index is 1.50. The summed E-state index contributed by atoms with van der Waals surface area (Å²) in [7, 11) is 1.75. The van der Waals surface area contributed by atoms with Crippen molar-refractivity contribution in [3.8, 4) is 0 Å². The molecule has 5 rings (SSSR count). The SMILES string of the molecule is Cn1nnc(C2CN(c3cc(C4CC4)nn4cnnc34)CCO2)n1. The second-order valence-electron chi connectivity index (χ2n) is 6.27. The molecular formula is C14H17N9O. The highest BCUT2D eigenvalue weighted by Gasteiger charge is 2.30. The van der Waals surface area contributed by atoms with Crippen LogP contribution in [-0.4, -0.2) is 59.7 Å². The predicted octanol–water partition coefficient (Wildman–Crippen LogP) is 0.103. The molecule has 0 aromatic carbocycles. The van der Waals surface area contributed by atoms with Gasteiger partial charge in [0.2, 0.25) is 11.5 Å². The van der Waals surface area contributed by atoms with Crippen LogP contribution in [0.25, 0.3) is 5.65 Å². The first kappa shape index (κ1) is 13.8. The summed E-state index contributed by atoms with van der Waals surface area (Å²) in [6.07, 6.45) is 3.87. The van der Waals surface area contributed by atoms with Gasteiger partial charge >= 0.3 is 0 Å². The summed E-state index contributed by atoms with van der Waals surface area (Å²) in [5.41, 5.74) is 2.92. The average molecular weight is 327 g/mol. The number of morpholine rings is 1. The summed E-state index contributed by atoms with van der Waals surface area (Å²) in [6, 6.07) is 2.15. The van der Waals surface area contributed by atoms with E-state index in [2.05, 4.69) is 41.7 Å². The van der Waals surface area contributed by atoms with Crippen LogP contribution in [0.3, 0.4) is 0 Å². The Morgan fingerprint density at radius 2 is 2.12 bits per heavy atom. The molecule has 0 spiro atoms. The van der Waals surface area contributed by atoms with Crippen LogP contribution >= 0.6 is 0 Å². The van der Waals surface area contributed by atoms with E-state index in [4.69, 9.17) is 4.74 Å². The Morgan fingerprint density at radius 3 is 2.92 bits per heavy atom. The van der Waals surface area contributed by atoms with Crippen LogP contribution < -0.4 is 4.90 Å². The number of hydrogen-bond acceptors (Lipinski definition) is 8. The third-order valence-corrected chi connectivity index (χ3v) is 4.48. The van der Waals surface area contributed by atoms with Gasteiger partial charge in [-0.25, -0.2) is 0 Å². The van der Waals surface area contributed by atoms with Gasteiger partial charge in [-0.2, -0.15) is 14.4 Å². The molecule has 1 saturated heterocycles. The van der Waals surface area contributed by atoms with E-state index in [0.29, 0.717) is 24.9 Å². The number of anilines is 1. The zero-order chi connectivity index (χ0) is 16.1. The molecule has 0 bridgehead atoms. The van der Waals surface area contributed by atoms with E-state index < -0.39 is 0 Å². The molecule has 2 fully saturated rings. The monoisotopic (exact) mass is 327 g/mol. The van der Waals surface area contributed by atoms with Gasteiger partial charge in [-0.1, -0.05) is 0 Å². The molecule has 0 N–H and O–H groups in total. The number of aryl methyl sites for hydroxylation is 1. The fraction of sp³-hybridized carbons (Fsp3) is 0.571. The number of fused-ring (bicyclic) bond motifs is 1. The molecule has 124 valence electrons. The van der Waals surface area contributed by atoms with Crippen LogP contribution in [0.1, 0.15) is 36.4 Å². The van der Waals surface area contributed by atoms with Crippen LogP contribution in [0.5, 0.6) is 0 Å². The van der Waals surface area contributed by atoms with Crippen molar-refractivity contribution >= 4 is 11.3 Å². The Hall–Kier alpha value is -2.62. The summed E-state index contributed by atoms with van der Waals surface area (Å²) in [5.74, 6) is 1.17. The minimum absolute atomic E-state index is 0.201. The first-order valence-corrected chi connectivity index (χ1v) is 8.09. The lowest BCUT2D eigenvalue weighted by atomic mass is 10.2. The Kier molecular flexibility index (Phi) is 2.98. The lowest BCUT2D eigenvalue weighted by Gasteiger charge is -2.33. The molecule has 2 aliphatic rings. The number of hydrogen-bond donors (Lipinski definition) is 0. The molecule has 3 aromatic rings. The second-order valence-corrected chi connectivity index (χ2v) is 6.27. The lowest BCUT2D eigenvalue weighted by Crippen LogP contribution is -2.39. The minimum atomic E-state index is -0.201. The van der Waals surface area contributed by atoms with Gasteiger partial charge in [0.1, 0.15) is 12.4 Å². The zero-order valence-corrected chi connectivity index (χ0v) is 13.3. The van der Waals surface area contributed by atoms with Crippen LogP contribution in [0.2, 0.25) is 0 Å². The lowest BCUT2D eigenvalue weighted by molar-refractivity contribution is 0.0339. The van der Waals surface area contributed by atoms with Crippen molar-refractivity contribution in [1.29, 1.82) is 0 Å². The number of tetrazole rings is 1. The van der Waals surface area contributed by atoms with E-state index in [1.165, 1.54) is 17.6 Å². The molecule has 4 heterocycles. The molecule has 1 atom stereocenters. The van der Waals surface area contributed by atoms with E-state index in [1.54, 1.807) is 17.9 Å². The summed E-state index contributed by atoms with van der Waals surface area (Å²) in [6.45, 7) is 2.04. The van der Waals surface area contributed by atoms with Crippen LogP contribution in [0, 0.1) is 0 Å². The quantitative estimate of drug-likeness (QED) is 0.668. The molecule has 1 aliphatic heterocycles. The Labute approximate surface area is 137 Å². The molecule has 1 unspecified atom stereocenters. The Morgan fingerprint density at radius 1 is 1.21 bits per heavy atom. The van der Waals surface area contributed by atoms with Crippen molar-refractivity contribution in [2.45, 2.75) is 24.9 Å². The highest BCUT2D eigenvalue weighted by Crippen LogP contribution is 2.40. The maximum absolute atomic E-state index is 5.83. The normalized spacial score (nSPS) is 21.5. The summed E-state index contributed by atoms with van der Waals surface area (Å²) in [5, 5.41) is 25.1. The molecular weight excluding hydrogens is 310 g/mol. The highest BCUT2D eigenvalue weighted by atomic mass is 16.5. The summed E-state index contributed by atoms with van der Waals surface area (Å²) >= 11 is 0. The van der Waals surface area contributed by atoms with Gasteiger partial charge in [-0.15, -0.1) is 20.4 Å². The molecule has 0 radical (unpaired) electrons. The van der Waals surface area contributed by atoms with Gasteiger partial charge < -0.3 is 9.64 Å². The van der Waals surface area contributed by atoms with Crippen LogP contribution in [0.15, 0.2) is 12.4 Å². The van der Waals surface area contributed by atoms with Gasteiger partial charge in [0, 0.05) is 12.5 Å². The predicted molar refractivity (Wildman–Crippen MR) is 82.5 cm³/mol. The smallest absolute Gasteiger partial charge is 0.205 e. The number of ether oxygens (including phenoxy) is 1. The first-order chi connectivity index (χ1) is 11.8. The van der Waals surface area contributed by atoms with Crippen molar-refractivity contribution in [3.05, 3.63) is 23.9 Å². The zero-order valence-electron chi connectivity index (χ0n) is 13.3. The largest absolute Gasteiger partial charge is 0.366 e. The third-order valence-electron chi connectivity index (χ3n) is 4.48. The molecule has 1 aliphatic carbocycles. The van der Waals surface area contributed by atoms with Crippen molar-refractivity contribution in [1.82, 2.24) is 40.0 Å². The van der Waals surface area contributed by atoms with E-state index in [9.17, 15) is 0 Å². The van der Waals surface area contributed by atoms with E-state index in [-0.39, 0.29) is 6.10 Å². The van der Waals surface area contributed by atoms with Gasteiger partial charge in [0.05, 0.1) is 31.6 Å². The van der Waals surface area contributed by atoms with Crippen LogP contribution in [-0.2, 0) is 11.8 Å². The maximum Gasteiger partial charge on any atom is 0.205 e. The maximum atomic E-state index is 5.83. The average Bonchev–Trinajstić information content (AvgIpc) is 3.19. The number of rotatable bonds is 3. The molecule has 0 amide bonds. The second kappa shape index (κ2) is 5.20. The van der Waals surface area contributed by atoms with Crippen molar-refractivity contribution in [2.75, 3.05) is 24.6 Å². The molecule has 10 heteroatoms. The summed E-state index contributed by atoms with van der Waals surface area (Å²) < 4.78 is 7.61. The van der Waals surface area contributed by atoms with Gasteiger partial charge in [0.25, 0.3) is 0 Å². The van der Waals surface area contributed by atoms with E-state index in [1.807, 2.05) is 0 Å². The van der Waals surface area contributed by atoms with Gasteiger partial charge in [0.15, 0.2) is 0 Å². The Bertz CT molecular complexity index is 883. The fourth-order valence-corrected chi connectivity index (χ4v) is 3.09. The first-order valence-electron chi connectivity index (χ1n) is 8.09. The molecule has 1 saturated carbocycles. The standard InChI is InChI=1S/C14H17N9O/c1-21-19-13(16-20-21)12-7-22(4-5-24-12)11-6-10(9-2-3-9)18-23-8-15-17-14(11)23/h6,8-9,12H,2-5,7H2,1H3. The number of nitrogens with zero attached hydrogens (tertiary/aromatic N) is 9. The van der Waals surface area contributed by atoms with Crippen molar-refractivity contribution in [2.24, 2.45) is 7.05 Å². The minimum Gasteiger partial charge on any atom is -0.366 e. The van der Waals surface area contributed by atoms with Crippen molar-refractivity contribution in [3.63, 3.8) is 0 Å². The third kappa shape index (κ3) is 2.30. The molecule has 24 heavy (non-hydrogen) atoms. The van der Waals surface area contributed by atoms with Crippen LogP contribution in [0.4, 0.5) is 5.69 Å². The van der Waals surface area contributed by atoms with Gasteiger partial charge in [-0.3, -0.25) is 0 Å². The fourth-order valence-electron chi connectivity index (χ4n) is 3.09. The molecule has 10 nitrogen and oxygen atoms in total. The number of aromatic nitrogens is 8. The topological polar surface area (TPSA) is 99.2 Å². The highest BCUT2D eigenvalue weighted by molar-refractivity contribution is 5.68. The van der Waals surface area contributed by atoms with E-state index in [0.717, 1.165) is 23.6 Å². The van der Waals surface area contributed by atoms with Crippen molar-refractivity contribution < 1.29 is 4.74 Å². The van der Waals surface area contributed by atoms with Gasteiger partial charge in [-0.05, 0) is 24.1 Å². The molecule has 3 aromatic heterocycles. The van der Waals surface area contributed by atoms with E-state index >= 15 is 0 Å². The summed E-state index contributed by atoms with van der Waals surface area (Å²) in [4.78, 5) is 3.70.